The lowest BCUT2D eigenvalue weighted by molar-refractivity contribution is 0.369. The van der Waals surface area contributed by atoms with E-state index in [4.69, 9.17) is 4.52 Å². The first-order chi connectivity index (χ1) is 7.79. The number of hydrogen-bond acceptors (Lipinski definition) is 1. The fraction of sp³-hybridized carbons (Fsp3) is 0.571. The van der Waals surface area contributed by atoms with Crippen LogP contribution < -0.4 is 5.30 Å². The molecule has 0 saturated carbocycles. The second-order valence-corrected chi connectivity index (χ2v) is 7.54. The van der Waals surface area contributed by atoms with Gasteiger partial charge in [-0.25, -0.2) is 4.52 Å². The molecule has 0 aromatic heterocycles. The molecule has 0 atom stereocenters. The van der Waals surface area contributed by atoms with Gasteiger partial charge in [-0.05, 0) is 31.9 Å². The standard InChI is InChI=1S/C14H24OP/c1-4-12-16(13-5-2,15-6-3)14-10-8-7-9-11-14/h7-11H,4-6,12-13H2,1-3H3/q+1. The molecule has 0 heterocycles. The van der Waals surface area contributed by atoms with Gasteiger partial charge in [0.15, 0.2) is 7.49 Å². The molecule has 0 fully saturated rings. The lowest BCUT2D eigenvalue weighted by Gasteiger charge is -2.24. The molecule has 0 bridgehead atoms. The van der Waals surface area contributed by atoms with E-state index < -0.39 is 7.49 Å². The maximum atomic E-state index is 6.21. The third-order valence-electron chi connectivity index (χ3n) is 2.77. The Bertz CT molecular complexity index is 267. The molecule has 0 unspecified atom stereocenters. The highest BCUT2D eigenvalue weighted by atomic mass is 31.2. The van der Waals surface area contributed by atoms with E-state index in [1.165, 1.54) is 30.5 Å². The average molecular weight is 239 g/mol. The van der Waals surface area contributed by atoms with Gasteiger partial charge in [-0.3, -0.25) is 0 Å². The van der Waals surface area contributed by atoms with Crippen LogP contribution in [-0.4, -0.2) is 18.9 Å². The summed E-state index contributed by atoms with van der Waals surface area (Å²) in [5.74, 6) is 0. The molecule has 90 valence electrons. The first-order valence-electron chi connectivity index (χ1n) is 6.36. The number of benzene rings is 1. The Hall–Kier alpha value is -0.390. The van der Waals surface area contributed by atoms with Crippen LogP contribution in [0.1, 0.15) is 33.6 Å². The molecule has 2 heteroatoms. The zero-order chi connectivity index (χ0) is 11.9. The fourth-order valence-corrected chi connectivity index (χ4v) is 6.04. The predicted octanol–water partition coefficient (Wildman–Crippen LogP) is 4.10. The molecular formula is C14H24OP+. The minimum absolute atomic E-state index is 0.836. The molecule has 1 nitrogen and oxygen atoms in total. The van der Waals surface area contributed by atoms with E-state index in [-0.39, 0.29) is 0 Å². The molecule has 0 aliphatic carbocycles. The van der Waals surface area contributed by atoms with Crippen LogP contribution in [0.25, 0.3) is 0 Å². The summed E-state index contributed by atoms with van der Waals surface area (Å²) in [5, 5.41) is 1.44. The van der Waals surface area contributed by atoms with Crippen molar-refractivity contribution in [2.45, 2.75) is 33.6 Å². The molecule has 1 rings (SSSR count). The molecule has 0 spiro atoms. The van der Waals surface area contributed by atoms with E-state index in [2.05, 4.69) is 51.1 Å². The molecule has 0 aliphatic rings. The summed E-state index contributed by atoms with van der Waals surface area (Å²) in [5.41, 5.74) is 0. The molecule has 16 heavy (non-hydrogen) atoms. The zero-order valence-corrected chi connectivity index (χ0v) is 11.7. The van der Waals surface area contributed by atoms with Crippen LogP contribution in [-0.2, 0) is 4.52 Å². The van der Waals surface area contributed by atoms with Crippen molar-refractivity contribution in [1.29, 1.82) is 0 Å². The lowest BCUT2D eigenvalue weighted by Crippen LogP contribution is -2.19. The van der Waals surface area contributed by atoms with Gasteiger partial charge in [0.05, 0.1) is 18.9 Å². The highest BCUT2D eigenvalue weighted by Crippen LogP contribution is 2.59. The SMILES string of the molecule is CCC[P+](CCC)(OCC)c1ccccc1. The first-order valence-corrected chi connectivity index (χ1v) is 8.44. The molecule has 0 N–H and O–H groups in total. The van der Waals surface area contributed by atoms with E-state index in [0.717, 1.165) is 6.61 Å². The van der Waals surface area contributed by atoms with Gasteiger partial charge in [-0.2, -0.15) is 0 Å². The van der Waals surface area contributed by atoms with Crippen molar-refractivity contribution in [3.8, 4) is 0 Å². The van der Waals surface area contributed by atoms with E-state index in [1.807, 2.05) is 0 Å². The van der Waals surface area contributed by atoms with Gasteiger partial charge in [0.25, 0.3) is 0 Å². The van der Waals surface area contributed by atoms with Gasteiger partial charge in [0, 0.05) is 0 Å². The summed E-state index contributed by atoms with van der Waals surface area (Å²) in [4.78, 5) is 0. The van der Waals surface area contributed by atoms with E-state index >= 15 is 0 Å². The highest BCUT2D eigenvalue weighted by molar-refractivity contribution is 7.78. The van der Waals surface area contributed by atoms with Crippen molar-refractivity contribution >= 4 is 12.8 Å². The Labute approximate surface area is 101 Å². The van der Waals surface area contributed by atoms with Gasteiger partial charge in [-0.15, -0.1) is 0 Å². The summed E-state index contributed by atoms with van der Waals surface area (Å²) in [6, 6.07) is 10.8. The van der Waals surface area contributed by atoms with Crippen molar-refractivity contribution in [2.75, 3.05) is 18.9 Å². The summed E-state index contributed by atoms with van der Waals surface area (Å²) in [6.07, 6.45) is 4.86. The quantitative estimate of drug-likeness (QED) is 0.651. The van der Waals surface area contributed by atoms with Gasteiger partial charge in [-0.1, -0.05) is 32.0 Å². The van der Waals surface area contributed by atoms with Crippen LogP contribution in [0.2, 0.25) is 0 Å². The molecule has 0 saturated heterocycles. The van der Waals surface area contributed by atoms with Crippen LogP contribution in [0.4, 0.5) is 0 Å². The van der Waals surface area contributed by atoms with Crippen LogP contribution in [0, 0.1) is 0 Å². The summed E-state index contributed by atoms with van der Waals surface area (Å²) < 4.78 is 6.21. The maximum absolute atomic E-state index is 6.21. The molecule has 0 amide bonds. The topological polar surface area (TPSA) is 9.23 Å². The molecule has 0 radical (unpaired) electrons. The van der Waals surface area contributed by atoms with Crippen LogP contribution in [0.5, 0.6) is 0 Å². The Kier molecular flexibility index (Phi) is 6.01. The Morgan fingerprint density at radius 2 is 1.50 bits per heavy atom. The van der Waals surface area contributed by atoms with E-state index in [9.17, 15) is 0 Å². The van der Waals surface area contributed by atoms with Crippen molar-refractivity contribution in [3.63, 3.8) is 0 Å². The van der Waals surface area contributed by atoms with Crippen LogP contribution in [0.15, 0.2) is 30.3 Å². The first kappa shape index (κ1) is 13.7. The summed E-state index contributed by atoms with van der Waals surface area (Å²) >= 11 is 0. The van der Waals surface area contributed by atoms with Crippen molar-refractivity contribution in [2.24, 2.45) is 0 Å². The summed E-state index contributed by atoms with van der Waals surface area (Å²) in [6.45, 7) is 7.46. The third kappa shape index (κ3) is 3.30. The van der Waals surface area contributed by atoms with Crippen molar-refractivity contribution in [1.82, 2.24) is 0 Å². The minimum Gasteiger partial charge on any atom is -0.233 e. The maximum Gasteiger partial charge on any atom is 0.177 e. The average Bonchev–Trinajstić information content (AvgIpc) is 2.31. The number of hydrogen-bond donors (Lipinski definition) is 0. The second-order valence-electron chi connectivity index (χ2n) is 4.09. The molecule has 1 aromatic rings. The van der Waals surface area contributed by atoms with Crippen molar-refractivity contribution < 1.29 is 4.52 Å². The van der Waals surface area contributed by atoms with Crippen LogP contribution in [0.3, 0.4) is 0 Å². The Balaban J connectivity index is 2.99. The Morgan fingerprint density at radius 3 is 1.94 bits per heavy atom. The molecule has 1 aromatic carbocycles. The normalized spacial score (nSPS) is 11.7. The van der Waals surface area contributed by atoms with Gasteiger partial charge >= 0.3 is 0 Å². The zero-order valence-electron chi connectivity index (χ0n) is 10.8. The third-order valence-corrected chi connectivity index (χ3v) is 7.10. The fourth-order valence-electron chi connectivity index (χ4n) is 2.24. The van der Waals surface area contributed by atoms with E-state index in [0.29, 0.717) is 0 Å². The second kappa shape index (κ2) is 7.04. The largest absolute Gasteiger partial charge is 0.233 e. The minimum atomic E-state index is -1.35. The number of rotatable bonds is 7. The molecule has 0 aliphatic heterocycles. The predicted molar refractivity (Wildman–Crippen MR) is 74.9 cm³/mol. The van der Waals surface area contributed by atoms with E-state index in [1.54, 1.807) is 0 Å². The van der Waals surface area contributed by atoms with Gasteiger partial charge < -0.3 is 0 Å². The Morgan fingerprint density at radius 1 is 0.938 bits per heavy atom. The summed E-state index contributed by atoms with van der Waals surface area (Å²) in [7, 11) is -1.35. The highest BCUT2D eigenvalue weighted by Gasteiger charge is 2.39. The van der Waals surface area contributed by atoms with Crippen molar-refractivity contribution in [3.05, 3.63) is 30.3 Å². The monoisotopic (exact) mass is 239 g/mol. The van der Waals surface area contributed by atoms with Gasteiger partial charge in [0.1, 0.15) is 5.30 Å². The molecular weight excluding hydrogens is 215 g/mol. The van der Waals surface area contributed by atoms with Crippen LogP contribution >= 0.6 is 7.49 Å². The lowest BCUT2D eigenvalue weighted by atomic mass is 10.4. The van der Waals surface area contributed by atoms with Gasteiger partial charge in [0.2, 0.25) is 0 Å². The smallest absolute Gasteiger partial charge is 0.177 e.